The summed E-state index contributed by atoms with van der Waals surface area (Å²) in [4.78, 5) is 66.2. The maximum atomic E-state index is 13.3. The normalized spacial score (nSPS) is 23.2. The van der Waals surface area contributed by atoms with Crippen molar-refractivity contribution < 1.29 is 66.1 Å². The molecule has 4 rings (SSSR count). The van der Waals surface area contributed by atoms with Crippen LogP contribution in [-0.2, 0) is 38.1 Å². The van der Waals surface area contributed by atoms with Gasteiger partial charge in [0.1, 0.15) is 24.1 Å². The van der Waals surface area contributed by atoms with Crippen LogP contribution in [0.2, 0.25) is 0 Å². The van der Waals surface area contributed by atoms with Crippen molar-refractivity contribution in [1.82, 2.24) is 14.1 Å². The van der Waals surface area contributed by atoms with Crippen molar-refractivity contribution in [3.05, 3.63) is 81.4 Å². The van der Waals surface area contributed by atoms with Crippen LogP contribution >= 0.6 is 23.5 Å². The van der Waals surface area contributed by atoms with Crippen LogP contribution in [0.15, 0.2) is 64.4 Å². The summed E-state index contributed by atoms with van der Waals surface area (Å²) in [5.74, 6) is 0.650. The zero-order valence-corrected chi connectivity index (χ0v) is 25.1. The molecule has 3 heterocycles. The van der Waals surface area contributed by atoms with Gasteiger partial charge in [-0.2, -0.15) is 8.62 Å². The maximum Gasteiger partial charge on any atom is 0.490 e. The molecule has 3 unspecified atom stereocenters. The Morgan fingerprint density at radius 3 is 2.23 bits per heavy atom. The molecule has 0 saturated carbocycles. The highest BCUT2D eigenvalue weighted by Gasteiger charge is 2.47. The van der Waals surface area contributed by atoms with Gasteiger partial charge in [-0.25, -0.2) is 18.5 Å². The number of aromatic nitrogens is 3. The first-order valence-electron chi connectivity index (χ1n) is 12.2. The third-order valence-electron chi connectivity index (χ3n) is 6.08. The Morgan fingerprint density at radius 2 is 1.59 bits per heavy atom. The second kappa shape index (κ2) is 13.2. The lowest BCUT2D eigenvalue weighted by Gasteiger charge is -2.19. The molecule has 44 heavy (non-hydrogen) atoms. The first-order valence-corrected chi connectivity index (χ1v) is 16.7. The molecule has 6 N–H and O–H groups in total. The molecule has 6 atom stereocenters. The molecule has 1 fully saturated rings. The Bertz CT molecular complexity index is 1760. The van der Waals surface area contributed by atoms with Crippen LogP contribution < -0.4 is 16.0 Å². The summed E-state index contributed by atoms with van der Waals surface area (Å²) in [6.45, 7) is -1.38. The molecule has 0 radical (unpaired) electrons. The predicted octanol–water partition coefficient (Wildman–Crippen LogP) is 0.0914. The monoisotopic (exact) mass is 681 g/mol. The van der Waals surface area contributed by atoms with Crippen LogP contribution in [0.25, 0.3) is 11.1 Å². The summed E-state index contributed by atoms with van der Waals surface area (Å²) in [7, 11) is -15.4. The molecule has 3 aromatic rings. The molecule has 2 aromatic heterocycles. The minimum Gasteiger partial charge on any atom is -0.497 e. The van der Waals surface area contributed by atoms with Crippen LogP contribution in [-0.4, -0.2) is 75.9 Å². The van der Waals surface area contributed by atoms with Crippen molar-refractivity contribution in [2.45, 2.75) is 31.1 Å². The van der Waals surface area contributed by atoms with Gasteiger partial charge in [0, 0.05) is 18.5 Å². The third-order valence-corrected chi connectivity index (χ3v) is 9.89. The van der Waals surface area contributed by atoms with Crippen LogP contribution in [0.4, 0.5) is 0 Å². The number of ether oxygens (including phenoxy) is 2. The summed E-state index contributed by atoms with van der Waals surface area (Å²) >= 11 is 0. The summed E-state index contributed by atoms with van der Waals surface area (Å²) in [6, 6.07) is 11.5. The van der Waals surface area contributed by atoms with Crippen LogP contribution in [0.5, 0.6) is 5.75 Å². The third kappa shape index (κ3) is 8.44. The number of hydrogen-bond acceptors (Lipinski definition) is 13. The van der Waals surface area contributed by atoms with Crippen LogP contribution in [0.1, 0.15) is 11.9 Å². The Kier molecular flexibility index (Phi) is 10.2. The van der Waals surface area contributed by atoms with Gasteiger partial charge in [-0.15, -0.1) is 0 Å². The van der Waals surface area contributed by atoms with Crippen LogP contribution in [0.3, 0.4) is 0 Å². The molecular formula is C22H26N3O16P3. The highest BCUT2D eigenvalue weighted by atomic mass is 31.3. The molecular weight excluding hydrogens is 655 g/mol. The van der Waals surface area contributed by atoms with Gasteiger partial charge in [0.05, 0.1) is 26.0 Å². The lowest BCUT2D eigenvalue weighted by molar-refractivity contribution is -0.0547. The van der Waals surface area contributed by atoms with Gasteiger partial charge in [0.25, 0.3) is 5.56 Å². The number of benzene rings is 1. The molecule has 0 spiro atoms. The van der Waals surface area contributed by atoms with E-state index in [-0.39, 0.29) is 6.54 Å². The lowest BCUT2D eigenvalue weighted by Crippen LogP contribution is -2.43. The SMILES string of the molecule is COc1ccc(-c2ccnc(Cn3c(=O)ccn([C@@H]4O[C@H](COP(=O)(O)OP(=O)(O)OP(=O)(O)O)[C@H](O)C4O)c3=O)c2)cc1. The molecule has 1 aliphatic heterocycles. The summed E-state index contributed by atoms with van der Waals surface area (Å²) in [6.07, 6.45) is -4.50. The zero-order valence-electron chi connectivity index (χ0n) is 22.4. The van der Waals surface area contributed by atoms with E-state index >= 15 is 0 Å². The van der Waals surface area contributed by atoms with Crippen LogP contribution in [0, 0.1) is 0 Å². The topological polar surface area (TPSA) is 276 Å². The van der Waals surface area contributed by atoms with Crippen molar-refractivity contribution in [2.75, 3.05) is 13.7 Å². The molecule has 0 aliphatic carbocycles. The number of aliphatic hydroxyl groups is 2. The van der Waals surface area contributed by atoms with Gasteiger partial charge in [0.2, 0.25) is 0 Å². The highest BCUT2D eigenvalue weighted by Crippen LogP contribution is 2.66. The van der Waals surface area contributed by atoms with E-state index < -0.39 is 65.9 Å². The van der Waals surface area contributed by atoms with Gasteiger partial charge < -0.3 is 39.3 Å². The molecule has 1 aromatic carbocycles. The number of nitrogens with zero attached hydrogens (tertiary/aromatic N) is 3. The van der Waals surface area contributed by atoms with Gasteiger partial charge in [-0.05, 0) is 35.4 Å². The molecule has 19 nitrogen and oxygen atoms in total. The fourth-order valence-electron chi connectivity index (χ4n) is 4.13. The number of phosphoric acid groups is 3. The molecule has 0 amide bonds. The molecule has 240 valence electrons. The van der Waals surface area contributed by atoms with E-state index in [1.165, 1.54) is 13.3 Å². The van der Waals surface area contributed by atoms with E-state index in [2.05, 4.69) is 18.1 Å². The van der Waals surface area contributed by atoms with E-state index in [4.69, 9.17) is 19.3 Å². The number of phosphoric ester groups is 1. The van der Waals surface area contributed by atoms with Gasteiger partial charge in [-0.1, -0.05) is 12.1 Å². The fraction of sp³-hybridized carbons (Fsp3) is 0.318. The van der Waals surface area contributed by atoms with Crippen molar-refractivity contribution >= 4 is 23.5 Å². The number of rotatable bonds is 12. The predicted molar refractivity (Wildman–Crippen MR) is 146 cm³/mol. The Balaban J connectivity index is 1.50. The Morgan fingerprint density at radius 1 is 0.909 bits per heavy atom. The first kappa shape index (κ1) is 34.0. The van der Waals surface area contributed by atoms with Gasteiger partial charge in [0.15, 0.2) is 6.23 Å². The lowest BCUT2D eigenvalue weighted by atomic mass is 10.1. The van der Waals surface area contributed by atoms with Crippen molar-refractivity contribution in [3.63, 3.8) is 0 Å². The number of methoxy groups -OCH3 is 1. The van der Waals surface area contributed by atoms with E-state index in [1.54, 1.807) is 24.3 Å². The number of hydrogen-bond donors (Lipinski definition) is 6. The minimum absolute atomic E-state index is 0.288. The van der Waals surface area contributed by atoms with E-state index in [0.717, 1.165) is 32.5 Å². The van der Waals surface area contributed by atoms with Gasteiger partial charge in [-0.3, -0.25) is 23.4 Å². The second-order valence-corrected chi connectivity index (χ2v) is 13.5. The summed E-state index contributed by atoms with van der Waals surface area (Å²) < 4.78 is 58.1. The minimum atomic E-state index is -5.80. The smallest absolute Gasteiger partial charge is 0.490 e. The van der Waals surface area contributed by atoms with E-state index in [9.17, 15) is 43.3 Å². The summed E-state index contributed by atoms with van der Waals surface area (Å²) in [5, 5.41) is 20.9. The fourth-order valence-corrected chi connectivity index (χ4v) is 7.16. The average molecular weight is 681 g/mol. The van der Waals surface area contributed by atoms with E-state index in [1.807, 2.05) is 12.1 Å². The molecule has 22 heteroatoms. The second-order valence-electron chi connectivity index (χ2n) is 9.13. The Labute approximate surface area is 246 Å². The average Bonchev–Trinajstić information content (AvgIpc) is 3.21. The van der Waals surface area contributed by atoms with Crippen molar-refractivity contribution in [3.8, 4) is 16.9 Å². The highest BCUT2D eigenvalue weighted by molar-refractivity contribution is 7.66. The van der Waals surface area contributed by atoms with Crippen molar-refractivity contribution in [2.24, 2.45) is 0 Å². The number of pyridine rings is 1. The molecule has 1 saturated heterocycles. The standard InChI is InChI=1S/C22H26N3O16P3/c1-37-16-4-2-13(3-5-16)14-6-8-23-15(10-14)11-25-18(26)7-9-24(22(25)29)21-20(28)19(27)17(39-21)12-38-43(33,34)41-44(35,36)40-42(30,31)32/h2-10,17,19-21,27-28H,11-12H2,1H3,(H,33,34)(H,35,36)(H2,30,31,32)/t17-,19+,20?,21-/m1/s1. The van der Waals surface area contributed by atoms with Crippen molar-refractivity contribution in [1.29, 1.82) is 0 Å². The quantitative estimate of drug-likeness (QED) is 0.138. The Hall–Kier alpha value is -2.86. The maximum absolute atomic E-state index is 13.3. The molecule has 1 aliphatic rings. The first-order chi connectivity index (χ1) is 20.5. The zero-order chi connectivity index (χ0) is 32.4. The molecule has 0 bridgehead atoms. The largest absolute Gasteiger partial charge is 0.497 e. The van der Waals surface area contributed by atoms with E-state index in [0.29, 0.717) is 11.4 Å². The number of aliphatic hydroxyl groups excluding tert-OH is 2. The van der Waals surface area contributed by atoms with Gasteiger partial charge >= 0.3 is 29.2 Å². The summed E-state index contributed by atoms with van der Waals surface area (Å²) in [5.41, 5.74) is 0.181.